The highest BCUT2D eigenvalue weighted by atomic mass is 16.6. The molecule has 6 heteroatoms. The predicted octanol–water partition coefficient (Wildman–Crippen LogP) is 3.30. The molecule has 0 spiro atoms. The van der Waals surface area contributed by atoms with Crippen LogP contribution in [0, 0.1) is 6.92 Å². The van der Waals surface area contributed by atoms with Gasteiger partial charge in [-0.25, -0.2) is 4.79 Å². The molecule has 2 aromatic carbocycles. The van der Waals surface area contributed by atoms with Crippen LogP contribution < -0.4 is 9.64 Å². The van der Waals surface area contributed by atoms with Crippen molar-refractivity contribution >= 4 is 17.7 Å². The third kappa shape index (κ3) is 3.54. The largest absolute Gasteiger partial charge is 0.497 e. The van der Waals surface area contributed by atoms with Crippen molar-refractivity contribution in [2.45, 2.75) is 32.4 Å². The second-order valence-electron chi connectivity index (χ2n) is 7.36. The van der Waals surface area contributed by atoms with Crippen LogP contribution >= 0.6 is 0 Å². The van der Waals surface area contributed by atoms with Crippen molar-refractivity contribution in [2.75, 3.05) is 25.2 Å². The van der Waals surface area contributed by atoms with Gasteiger partial charge in [0.05, 0.1) is 25.3 Å². The Bertz CT molecular complexity index is 894. The Morgan fingerprint density at radius 2 is 2.00 bits per heavy atom. The van der Waals surface area contributed by atoms with E-state index in [0.29, 0.717) is 32.5 Å². The quantitative estimate of drug-likeness (QED) is 0.820. The average Bonchev–Trinajstić information content (AvgIpc) is 3.04. The van der Waals surface area contributed by atoms with Gasteiger partial charge in [0, 0.05) is 13.1 Å². The normalized spacial score (nSPS) is 18.6. The maximum Gasteiger partial charge on any atom is 0.414 e. The number of ether oxygens (including phenoxy) is 2. The van der Waals surface area contributed by atoms with E-state index in [2.05, 4.69) is 0 Å². The minimum absolute atomic E-state index is 0.0374. The molecule has 1 unspecified atom stereocenters. The maximum atomic E-state index is 13.0. The zero-order valence-electron chi connectivity index (χ0n) is 16.2. The molecule has 0 N–H and O–H groups in total. The first-order valence-electron chi connectivity index (χ1n) is 9.51. The molecule has 2 heterocycles. The standard InChI is InChI=1S/C22H24N2O4/c1-15-3-6-17-13-23(21(25)12-16-4-7-19(27-2)8-5-16)10-9-18-14-28-22(26)24(18)20(17)11-15/h3-8,11,18H,9-10,12-14H2,1-2H3. The van der Waals surface area contributed by atoms with E-state index < -0.39 is 0 Å². The summed E-state index contributed by atoms with van der Waals surface area (Å²) in [6.45, 7) is 3.45. The lowest BCUT2D eigenvalue weighted by molar-refractivity contribution is -0.131. The van der Waals surface area contributed by atoms with Gasteiger partial charge in [0.1, 0.15) is 12.4 Å². The lowest BCUT2D eigenvalue weighted by atomic mass is 10.0. The third-order valence-electron chi connectivity index (χ3n) is 5.42. The van der Waals surface area contributed by atoms with Gasteiger partial charge in [0.25, 0.3) is 0 Å². The number of methoxy groups -OCH3 is 1. The Labute approximate surface area is 164 Å². The number of carbonyl (C=O) groups is 2. The highest BCUT2D eigenvalue weighted by molar-refractivity contribution is 5.91. The minimum atomic E-state index is -0.296. The van der Waals surface area contributed by atoms with Gasteiger partial charge in [-0.1, -0.05) is 24.3 Å². The van der Waals surface area contributed by atoms with Crippen molar-refractivity contribution < 1.29 is 19.1 Å². The van der Waals surface area contributed by atoms with Gasteiger partial charge in [-0.05, 0) is 48.2 Å². The molecule has 0 bridgehead atoms. The van der Waals surface area contributed by atoms with Gasteiger partial charge >= 0.3 is 6.09 Å². The fourth-order valence-electron chi connectivity index (χ4n) is 3.83. The fraction of sp³-hybridized carbons (Fsp3) is 0.364. The maximum absolute atomic E-state index is 13.0. The number of benzene rings is 2. The molecule has 1 atom stereocenters. The predicted molar refractivity (Wildman–Crippen MR) is 106 cm³/mol. The summed E-state index contributed by atoms with van der Waals surface area (Å²) >= 11 is 0. The fourth-order valence-corrected chi connectivity index (χ4v) is 3.83. The first-order valence-corrected chi connectivity index (χ1v) is 9.51. The summed E-state index contributed by atoms with van der Waals surface area (Å²) in [4.78, 5) is 28.9. The molecule has 1 fully saturated rings. The third-order valence-corrected chi connectivity index (χ3v) is 5.42. The Morgan fingerprint density at radius 3 is 2.75 bits per heavy atom. The molecule has 1 saturated heterocycles. The Kier molecular flexibility index (Phi) is 4.94. The minimum Gasteiger partial charge on any atom is -0.497 e. The highest BCUT2D eigenvalue weighted by Gasteiger charge is 2.37. The summed E-state index contributed by atoms with van der Waals surface area (Å²) in [6.07, 6.45) is 0.748. The summed E-state index contributed by atoms with van der Waals surface area (Å²) in [6, 6.07) is 13.6. The van der Waals surface area contributed by atoms with Gasteiger partial charge in [0.15, 0.2) is 0 Å². The number of hydrogen-bond donors (Lipinski definition) is 0. The highest BCUT2D eigenvalue weighted by Crippen LogP contribution is 2.32. The molecule has 2 aromatic rings. The second kappa shape index (κ2) is 7.54. The molecule has 0 radical (unpaired) electrons. The van der Waals surface area contributed by atoms with Crippen LogP contribution in [0.3, 0.4) is 0 Å². The van der Waals surface area contributed by atoms with E-state index in [1.54, 1.807) is 12.0 Å². The first kappa shape index (κ1) is 18.3. The van der Waals surface area contributed by atoms with E-state index in [0.717, 1.165) is 28.1 Å². The van der Waals surface area contributed by atoms with Crippen LogP contribution in [0.1, 0.15) is 23.1 Å². The molecule has 0 saturated carbocycles. The van der Waals surface area contributed by atoms with Crippen molar-refractivity contribution in [1.29, 1.82) is 0 Å². The van der Waals surface area contributed by atoms with Crippen LogP contribution in [0.25, 0.3) is 0 Å². The monoisotopic (exact) mass is 380 g/mol. The molecule has 2 amide bonds. The topological polar surface area (TPSA) is 59.1 Å². The lowest BCUT2D eigenvalue weighted by Crippen LogP contribution is -2.42. The molecule has 2 aliphatic rings. The molecule has 0 aromatic heterocycles. The smallest absolute Gasteiger partial charge is 0.414 e. The Morgan fingerprint density at radius 1 is 1.21 bits per heavy atom. The summed E-state index contributed by atoms with van der Waals surface area (Å²) in [5, 5.41) is 0. The molecule has 4 rings (SSSR count). The van der Waals surface area contributed by atoms with Crippen molar-refractivity contribution in [3.8, 4) is 5.75 Å². The number of nitrogens with zero attached hydrogens (tertiary/aromatic N) is 2. The molecule has 28 heavy (non-hydrogen) atoms. The van der Waals surface area contributed by atoms with Crippen LogP contribution in [-0.2, 0) is 22.5 Å². The van der Waals surface area contributed by atoms with Crippen LogP contribution in [-0.4, -0.2) is 43.2 Å². The summed E-state index contributed by atoms with van der Waals surface area (Å²) in [5.74, 6) is 0.855. The van der Waals surface area contributed by atoms with E-state index in [-0.39, 0.29) is 18.0 Å². The number of amides is 2. The second-order valence-corrected chi connectivity index (χ2v) is 7.36. The van der Waals surface area contributed by atoms with Gasteiger partial charge < -0.3 is 14.4 Å². The molecule has 0 aliphatic carbocycles. The number of fused-ring (bicyclic) bond motifs is 3. The van der Waals surface area contributed by atoms with Gasteiger partial charge in [-0.15, -0.1) is 0 Å². The van der Waals surface area contributed by atoms with Crippen LogP contribution in [0.5, 0.6) is 5.75 Å². The molecule has 146 valence electrons. The van der Waals surface area contributed by atoms with Crippen LogP contribution in [0.15, 0.2) is 42.5 Å². The van der Waals surface area contributed by atoms with Crippen molar-refractivity contribution in [2.24, 2.45) is 0 Å². The van der Waals surface area contributed by atoms with Crippen molar-refractivity contribution in [1.82, 2.24) is 4.90 Å². The van der Waals surface area contributed by atoms with E-state index >= 15 is 0 Å². The van der Waals surface area contributed by atoms with Crippen LogP contribution in [0.4, 0.5) is 10.5 Å². The number of rotatable bonds is 3. The Balaban J connectivity index is 1.58. The van der Waals surface area contributed by atoms with E-state index in [1.807, 2.05) is 54.3 Å². The van der Waals surface area contributed by atoms with Gasteiger partial charge in [-0.3, -0.25) is 9.69 Å². The number of anilines is 1. The number of aryl methyl sites for hydroxylation is 1. The summed E-state index contributed by atoms with van der Waals surface area (Å²) in [5.41, 5.74) is 3.86. The van der Waals surface area contributed by atoms with Crippen molar-refractivity contribution in [3.63, 3.8) is 0 Å². The summed E-state index contributed by atoms with van der Waals surface area (Å²) in [7, 11) is 1.63. The summed E-state index contributed by atoms with van der Waals surface area (Å²) < 4.78 is 10.5. The van der Waals surface area contributed by atoms with E-state index in [1.165, 1.54) is 0 Å². The van der Waals surface area contributed by atoms with Crippen molar-refractivity contribution in [3.05, 3.63) is 59.2 Å². The van der Waals surface area contributed by atoms with E-state index in [9.17, 15) is 9.59 Å². The molecule has 2 aliphatic heterocycles. The zero-order valence-corrected chi connectivity index (χ0v) is 16.2. The zero-order chi connectivity index (χ0) is 19.7. The van der Waals surface area contributed by atoms with E-state index in [4.69, 9.17) is 9.47 Å². The van der Waals surface area contributed by atoms with Gasteiger partial charge in [-0.2, -0.15) is 0 Å². The number of carbonyl (C=O) groups excluding carboxylic acids is 2. The lowest BCUT2D eigenvalue weighted by Gasteiger charge is -2.32. The molecular weight excluding hydrogens is 356 g/mol. The molecule has 6 nitrogen and oxygen atoms in total. The Hall–Kier alpha value is -3.02. The first-order chi connectivity index (χ1) is 13.5. The number of hydrogen-bond acceptors (Lipinski definition) is 4. The average molecular weight is 380 g/mol. The number of cyclic esters (lactones) is 1. The SMILES string of the molecule is COc1ccc(CC(=O)N2CCC3COC(=O)N3c3cc(C)ccc3C2)cc1. The molecular formula is C22H24N2O4. The van der Waals surface area contributed by atoms with Crippen LogP contribution in [0.2, 0.25) is 0 Å². The van der Waals surface area contributed by atoms with Gasteiger partial charge in [0.2, 0.25) is 5.91 Å².